The van der Waals surface area contributed by atoms with E-state index < -0.39 is 5.92 Å². The van der Waals surface area contributed by atoms with Gasteiger partial charge in [0.15, 0.2) is 18.2 Å². The molecule has 1 heterocycles. The van der Waals surface area contributed by atoms with Crippen molar-refractivity contribution in [3.63, 3.8) is 0 Å². The van der Waals surface area contributed by atoms with Gasteiger partial charge in [-0.1, -0.05) is 57.0 Å². The zero-order valence-corrected chi connectivity index (χ0v) is 24.1. The van der Waals surface area contributed by atoms with Crippen LogP contribution in [0.1, 0.15) is 64.9 Å². The van der Waals surface area contributed by atoms with Gasteiger partial charge in [0.25, 0.3) is 5.91 Å². The summed E-state index contributed by atoms with van der Waals surface area (Å²) < 4.78 is 5.71. The number of hydrogen-bond donors (Lipinski definition) is 2. The molecule has 2 aliphatic carbocycles. The quantitative estimate of drug-likeness (QED) is 0.407. The van der Waals surface area contributed by atoms with Gasteiger partial charge in [0.05, 0.1) is 5.02 Å². The van der Waals surface area contributed by atoms with Crippen molar-refractivity contribution in [1.82, 2.24) is 5.32 Å². The lowest BCUT2D eigenvalue weighted by atomic mass is 9.64. The molecule has 1 aliphatic heterocycles. The van der Waals surface area contributed by atoms with Crippen LogP contribution in [0.3, 0.4) is 0 Å². The van der Waals surface area contributed by atoms with Crippen LogP contribution in [0.2, 0.25) is 10.0 Å². The van der Waals surface area contributed by atoms with Gasteiger partial charge in [-0.15, -0.1) is 0 Å². The zero-order valence-electron chi connectivity index (χ0n) is 22.5. The normalized spacial score (nSPS) is 20.3. The monoisotopic (exact) mass is 566 g/mol. The van der Waals surface area contributed by atoms with Crippen LogP contribution in [0.25, 0.3) is 0 Å². The molecule has 0 saturated carbocycles. The van der Waals surface area contributed by atoms with Crippen LogP contribution < -0.4 is 15.4 Å². The van der Waals surface area contributed by atoms with Gasteiger partial charge < -0.3 is 15.4 Å². The lowest BCUT2D eigenvalue weighted by molar-refractivity contribution is -0.119. The third kappa shape index (κ3) is 5.78. The molecule has 8 heteroatoms. The molecule has 2 aromatic rings. The second kappa shape index (κ2) is 10.1. The molecule has 1 amide bonds. The van der Waals surface area contributed by atoms with Crippen molar-refractivity contribution in [2.45, 2.75) is 59.3 Å². The first-order valence-electron chi connectivity index (χ1n) is 13.1. The van der Waals surface area contributed by atoms with Crippen molar-refractivity contribution in [3.8, 4) is 5.75 Å². The number of allylic oxidation sites excluding steroid dienone is 4. The number of carbonyl (C=O) groups excluding carboxylic acids is 3. The van der Waals surface area contributed by atoms with E-state index in [-0.39, 0.29) is 34.9 Å². The van der Waals surface area contributed by atoms with E-state index in [2.05, 4.69) is 38.3 Å². The van der Waals surface area contributed by atoms with Crippen LogP contribution in [-0.4, -0.2) is 24.1 Å². The number of benzene rings is 2. The van der Waals surface area contributed by atoms with Crippen molar-refractivity contribution in [1.29, 1.82) is 0 Å². The van der Waals surface area contributed by atoms with Crippen LogP contribution in [-0.2, 0) is 14.4 Å². The number of Topliss-reactive ketones (excluding diaryl/α,β-unsaturated/α-hetero) is 2. The Morgan fingerprint density at radius 3 is 2.00 bits per heavy atom. The summed E-state index contributed by atoms with van der Waals surface area (Å²) in [5.74, 6) is -0.373. The second-order valence-electron chi connectivity index (χ2n) is 12.3. The SMILES string of the molecule is CC1(C)CC(=O)C2=C(C1)NC1=C(C(=O)CC(C)(C)C1)C2c1ccc(OCC(=O)Nc2ccc(Cl)cc2)c(Cl)c1. The molecule has 0 spiro atoms. The van der Waals surface area contributed by atoms with E-state index in [0.717, 1.165) is 29.8 Å². The number of nitrogens with one attached hydrogen (secondary N) is 2. The minimum Gasteiger partial charge on any atom is -0.482 e. The maximum Gasteiger partial charge on any atom is 0.262 e. The highest BCUT2D eigenvalue weighted by molar-refractivity contribution is 6.32. The largest absolute Gasteiger partial charge is 0.482 e. The second-order valence-corrected chi connectivity index (χ2v) is 13.1. The first kappa shape index (κ1) is 27.5. The topological polar surface area (TPSA) is 84.5 Å². The van der Waals surface area contributed by atoms with E-state index >= 15 is 0 Å². The molecule has 204 valence electrons. The molecule has 0 fully saturated rings. The van der Waals surface area contributed by atoms with Crippen LogP contribution in [0.4, 0.5) is 5.69 Å². The van der Waals surface area contributed by atoms with Crippen molar-refractivity contribution in [2.24, 2.45) is 10.8 Å². The third-order valence-electron chi connectivity index (χ3n) is 7.50. The molecule has 0 saturated heterocycles. The predicted molar refractivity (Wildman–Crippen MR) is 153 cm³/mol. The molecule has 3 aliphatic rings. The van der Waals surface area contributed by atoms with E-state index in [0.29, 0.717) is 45.5 Å². The van der Waals surface area contributed by atoms with Gasteiger partial charge in [-0.25, -0.2) is 0 Å². The summed E-state index contributed by atoms with van der Waals surface area (Å²) in [6, 6.07) is 12.1. The Kier molecular flexibility index (Phi) is 7.15. The Labute approximate surface area is 238 Å². The zero-order chi connectivity index (χ0) is 28.1. The molecule has 0 bridgehead atoms. The Hall–Kier alpha value is -3.09. The van der Waals surface area contributed by atoms with Crippen LogP contribution in [0.5, 0.6) is 5.75 Å². The van der Waals surface area contributed by atoms with Gasteiger partial charge in [-0.05, 0) is 65.6 Å². The molecule has 0 atom stereocenters. The Morgan fingerprint density at radius 1 is 0.897 bits per heavy atom. The minimum absolute atomic E-state index is 0.0539. The minimum atomic E-state index is -0.483. The van der Waals surface area contributed by atoms with E-state index in [1.54, 1.807) is 36.4 Å². The average molecular weight is 568 g/mol. The van der Waals surface area contributed by atoms with Crippen LogP contribution >= 0.6 is 23.2 Å². The number of dihydropyridines is 1. The predicted octanol–water partition coefficient (Wildman–Crippen LogP) is 6.98. The summed E-state index contributed by atoms with van der Waals surface area (Å²) in [5, 5.41) is 7.15. The van der Waals surface area contributed by atoms with Crippen LogP contribution in [0.15, 0.2) is 65.0 Å². The molecule has 0 unspecified atom stereocenters. The summed E-state index contributed by atoms with van der Waals surface area (Å²) in [4.78, 5) is 39.4. The standard InChI is InChI=1S/C31H32Cl2N2O4/c1-30(2)12-21-28(23(36)14-30)27(29-22(35-21)13-31(3,4)15-24(29)37)17-5-10-25(20(33)11-17)39-16-26(38)34-19-8-6-18(32)7-9-19/h5-11,27,35H,12-16H2,1-4H3,(H,34,38). The van der Waals surface area contributed by atoms with Gasteiger partial charge in [-0.2, -0.15) is 0 Å². The Bertz CT molecular complexity index is 1380. The summed E-state index contributed by atoms with van der Waals surface area (Å²) >= 11 is 12.5. The van der Waals surface area contributed by atoms with Gasteiger partial charge in [0, 0.05) is 52.0 Å². The highest BCUT2D eigenvalue weighted by Crippen LogP contribution is 2.51. The summed E-state index contributed by atoms with van der Waals surface area (Å²) in [7, 11) is 0. The van der Waals surface area contributed by atoms with E-state index in [1.807, 2.05) is 6.07 Å². The Morgan fingerprint density at radius 2 is 1.46 bits per heavy atom. The smallest absolute Gasteiger partial charge is 0.262 e. The average Bonchev–Trinajstić information content (AvgIpc) is 2.82. The number of ether oxygens (including phenoxy) is 1. The first-order chi connectivity index (χ1) is 18.3. The molecule has 39 heavy (non-hydrogen) atoms. The van der Waals surface area contributed by atoms with Gasteiger partial charge in [0.2, 0.25) is 0 Å². The lowest BCUT2D eigenvalue weighted by Gasteiger charge is -2.44. The van der Waals surface area contributed by atoms with Crippen molar-refractivity contribution < 1.29 is 19.1 Å². The first-order valence-corrected chi connectivity index (χ1v) is 13.8. The lowest BCUT2D eigenvalue weighted by Crippen LogP contribution is -2.42. The summed E-state index contributed by atoms with van der Waals surface area (Å²) in [6.07, 6.45) is 2.30. The van der Waals surface area contributed by atoms with Gasteiger partial charge in [0.1, 0.15) is 5.75 Å². The maximum absolute atomic E-state index is 13.5. The molecule has 2 N–H and O–H groups in total. The molecular formula is C31H32Cl2N2O4. The number of carbonyl (C=O) groups is 3. The highest BCUT2D eigenvalue weighted by Gasteiger charge is 2.46. The molecule has 0 aromatic heterocycles. The van der Waals surface area contributed by atoms with E-state index in [9.17, 15) is 14.4 Å². The number of ketones is 2. The fourth-order valence-electron chi connectivity index (χ4n) is 5.91. The number of anilines is 1. The van der Waals surface area contributed by atoms with Gasteiger partial charge >= 0.3 is 0 Å². The number of amides is 1. The van der Waals surface area contributed by atoms with Crippen molar-refractivity contribution in [3.05, 3.63) is 80.6 Å². The molecule has 5 rings (SSSR count). The van der Waals surface area contributed by atoms with Crippen molar-refractivity contribution >= 4 is 46.4 Å². The van der Waals surface area contributed by atoms with Crippen molar-refractivity contribution in [2.75, 3.05) is 11.9 Å². The maximum atomic E-state index is 13.5. The molecule has 2 aromatic carbocycles. The van der Waals surface area contributed by atoms with E-state index in [4.69, 9.17) is 27.9 Å². The van der Waals surface area contributed by atoms with Gasteiger partial charge in [-0.3, -0.25) is 14.4 Å². The number of halogens is 2. The fourth-order valence-corrected chi connectivity index (χ4v) is 6.28. The third-order valence-corrected chi connectivity index (χ3v) is 8.04. The van der Waals surface area contributed by atoms with E-state index in [1.165, 1.54) is 0 Å². The summed E-state index contributed by atoms with van der Waals surface area (Å²) in [6.45, 7) is 8.14. The molecule has 6 nitrogen and oxygen atoms in total. The fraction of sp³-hybridized carbons (Fsp3) is 0.387. The molecule has 0 radical (unpaired) electrons. The molecular weight excluding hydrogens is 535 g/mol. The number of hydrogen-bond acceptors (Lipinski definition) is 5. The van der Waals surface area contributed by atoms with Crippen LogP contribution in [0, 0.1) is 10.8 Å². The highest BCUT2D eigenvalue weighted by atomic mass is 35.5. The Balaban J connectivity index is 1.43. The number of rotatable bonds is 5. The summed E-state index contributed by atoms with van der Waals surface area (Å²) in [5.41, 5.74) is 4.17.